The Morgan fingerprint density at radius 3 is 2.87 bits per heavy atom. The van der Waals surface area contributed by atoms with Gasteiger partial charge in [0, 0.05) is 23.5 Å². The molecule has 0 aliphatic carbocycles. The van der Waals surface area contributed by atoms with Gasteiger partial charge in [-0.25, -0.2) is 0 Å². The molecule has 2 rings (SSSR count). The van der Waals surface area contributed by atoms with Gasteiger partial charge in [-0.1, -0.05) is 6.07 Å². The summed E-state index contributed by atoms with van der Waals surface area (Å²) < 4.78 is 0. The fourth-order valence-corrected chi connectivity index (χ4v) is 2.25. The molecule has 78 valence electrons. The summed E-state index contributed by atoms with van der Waals surface area (Å²) in [7, 11) is 0. The summed E-state index contributed by atoms with van der Waals surface area (Å²) in [6.45, 7) is 4.27. The maximum atomic E-state index is 4.12. The third-order valence-electron chi connectivity index (χ3n) is 2.41. The Morgan fingerprint density at radius 2 is 2.27 bits per heavy atom. The molecule has 2 heterocycles. The molecule has 0 aromatic carbocycles. The summed E-state index contributed by atoms with van der Waals surface area (Å²) in [4.78, 5) is 4.12. The molecule has 0 fully saturated rings. The molecule has 1 unspecified atom stereocenters. The van der Waals surface area contributed by atoms with Crippen LogP contribution < -0.4 is 5.32 Å². The Balaban J connectivity index is 2.11. The topological polar surface area (TPSA) is 24.9 Å². The van der Waals surface area contributed by atoms with Crippen molar-refractivity contribution in [2.45, 2.75) is 19.9 Å². The van der Waals surface area contributed by atoms with Gasteiger partial charge in [-0.3, -0.25) is 4.98 Å². The lowest BCUT2D eigenvalue weighted by atomic mass is 10.1. The third-order valence-corrected chi connectivity index (χ3v) is 3.27. The SMILES string of the molecule is Cc1cscc1NC(C)c1cccnc1. The van der Waals surface area contributed by atoms with Gasteiger partial charge in [-0.2, -0.15) is 0 Å². The van der Waals surface area contributed by atoms with E-state index in [0.717, 1.165) is 0 Å². The molecule has 0 bridgehead atoms. The van der Waals surface area contributed by atoms with Gasteiger partial charge in [0.1, 0.15) is 0 Å². The van der Waals surface area contributed by atoms with Crippen LogP contribution >= 0.6 is 11.3 Å². The second-order valence-corrected chi connectivity index (χ2v) is 4.36. The number of rotatable bonds is 3. The quantitative estimate of drug-likeness (QED) is 0.851. The van der Waals surface area contributed by atoms with Crippen LogP contribution in [-0.4, -0.2) is 4.98 Å². The zero-order chi connectivity index (χ0) is 10.7. The lowest BCUT2D eigenvalue weighted by Crippen LogP contribution is -2.06. The number of hydrogen-bond acceptors (Lipinski definition) is 3. The Bertz CT molecular complexity index is 422. The standard InChI is InChI=1S/C12H14N2S/c1-9-7-15-8-12(9)14-10(2)11-4-3-5-13-6-11/h3-8,10,14H,1-2H3. The van der Waals surface area contributed by atoms with Crippen molar-refractivity contribution in [3.63, 3.8) is 0 Å². The van der Waals surface area contributed by atoms with Crippen LogP contribution in [0.5, 0.6) is 0 Å². The average Bonchev–Trinajstić information content (AvgIpc) is 2.66. The molecule has 0 aliphatic rings. The van der Waals surface area contributed by atoms with E-state index in [9.17, 15) is 0 Å². The Morgan fingerprint density at radius 1 is 1.40 bits per heavy atom. The monoisotopic (exact) mass is 218 g/mol. The molecule has 0 radical (unpaired) electrons. The molecule has 1 N–H and O–H groups in total. The number of thiophene rings is 1. The van der Waals surface area contributed by atoms with Crippen molar-refractivity contribution in [2.75, 3.05) is 5.32 Å². The van der Waals surface area contributed by atoms with Crippen LogP contribution in [-0.2, 0) is 0 Å². The normalized spacial score (nSPS) is 12.4. The first kappa shape index (κ1) is 10.2. The van der Waals surface area contributed by atoms with Gasteiger partial charge in [-0.05, 0) is 36.4 Å². The molecule has 3 heteroatoms. The number of anilines is 1. The summed E-state index contributed by atoms with van der Waals surface area (Å²) in [6.07, 6.45) is 3.70. The summed E-state index contributed by atoms with van der Waals surface area (Å²) in [5.74, 6) is 0. The highest BCUT2D eigenvalue weighted by atomic mass is 32.1. The van der Waals surface area contributed by atoms with Crippen molar-refractivity contribution < 1.29 is 0 Å². The number of aryl methyl sites for hydroxylation is 1. The summed E-state index contributed by atoms with van der Waals surface area (Å²) >= 11 is 1.73. The minimum Gasteiger partial charge on any atom is -0.378 e. The zero-order valence-electron chi connectivity index (χ0n) is 8.90. The van der Waals surface area contributed by atoms with Crippen LogP contribution in [0.3, 0.4) is 0 Å². The molecule has 2 aromatic rings. The van der Waals surface area contributed by atoms with Crippen molar-refractivity contribution in [1.29, 1.82) is 0 Å². The van der Waals surface area contributed by atoms with E-state index in [4.69, 9.17) is 0 Å². The van der Waals surface area contributed by atoms with E-state index in [1.54, 1.807) is 17.5 Å². The van der Waals surface area contributed by atoms with Crippen molar-refractivity contribution in [2.24, 2.45) is 0 Å². The van der Waals surface area contributed by atoms with Crippen LogP contribution in [0.25, 0.3) is 0 Å². The van der Waals surface area contributed by atoms with E-state index in [-0.39, 0.29) is 0 Å². The molecule has 1 atom stereocenters. The predicted octanol–water partition coefficient (Wildman–Crippen LogP) is 3.62. The number of nitrogens with one attached hydrogen (secondary N) is 1. The number of hydrogen-bond donors (Lipinski definition) is 1. The van der Waals surface area contributed by atoms with E-state index in [0.29, 0.717) is 6.04 Å². The Labute approximate surface area is 94.0 Å². The average molecular weight is 218 g/mol. The number of aromatic nitrogens is 1. The highest BCUT2D eigenvalue weighted by Crippen LogP contribution is 2.24. The largest absolute Gasteiger partial charge is 0.378 e. The van der Waals surface area contributed by atoms with Gasteiger partial charge in [0.15, 0.2) is 0 Å². The van der Waals surface area contributed by atoms with Crippen molar-refractivity contribution in [1.82, 2.24) is 4.98 Å². The Kier molecular flexibility index (Phi) is 3.02. The highest BCUT2D eigenvalue weighted by molar-refractivity contribution is 7.08. The van der Waals surface area contributed by atoms with Crippen molar-refractivity contribution in [3.8, 4) is 0 Å². The van der Waals surface area contributed by atoms with Crippen molar-refractivity contribution >= 4 is 17.0 Å². The van der Waals surface area contributed by atoms with Crippen LogP contribution in [0.15, 0.2) is 35.3 Å². The van der Waals surface area contributed by atoms with E-state index in [1.165, 1.54) is 16.8 Å². The number of nitrogens with zero attached hydrogens (tertiary/aromatic N) is 1. The molecular formula is C12H14N2S. The highest BCUT2D eigenvalue weighted by Gasteiger charge is 2.06. The van der Waals surface area contributed by atoms with Gasteiger partial charge >= 0.3 is 0 Å². The molecule has 2 nitrogen and oxygen atoms in total. The first-order valence-electron chi connectivity index (χ1n) is 4.96. The molecule has 2 aromatic heterocycles. The molecule has 0 saturated heterocycles. The van der Waals surface area contributed by atoms with Crippen LogP contribution in [0.4, 0.5) is 5.69 Å². The molecular weight excluding hydrogens is 204 g/mol. The second kappa shape index (κ2) is 4.45. The third kappa shape index (κ3) is 2.36. The van der Waals surface area contributed by atoms with Gasteiger partial charge in [0.05, 0.1) is 6.04 Å². The van der Waals surface area contributed by atoms with E-state index in [1.807, 2.05) is 12.3 Å². The summed E-state index contributed by atoms with van der Waals surface area (Å²) in [5.41, 5.74) is 3.73. The first-order chi connectivity index (χ1) is 7.27. The molecule has 15 heavy (non-hydrogen) atoms. The minimum absolute atomic E-state index is 0.298. The summed E-state index contributed by atoms with van der Waals surface area (Å²) in [6, 6.07) is 4.35. The van der Waals surface area contributed by atoms with E-state index >= 15 is 0 Å². The van der Waals surface area contributed by atoms with Crippen LogP contribution in [0.2, 0.25) is 0 Å². The number of pyridine rings is 1. The summed E-state index contributed by atoms with van der Waals surface area (Å²) in [5, 5.41) is 7.77. The lowest BCUT2D eigenvalue weighted by molar-refractivity contribution is 0.875. The van der Waals surface area contributed by atoms with Crippen molar-refractivity contribution in [3.05, 3.63) is 46.4 Å². The maximum Gasteiger partial charge on any atom is 0.0501 e. The Hall–Kier alpha value is -1.35. The first-order valence-corrected chi connectivity index (χ1v) is 5.91. The fraction of sp³-hybridized carbons (Fsp3) is 0.250. The van der Waals surface area contributed by atoms with E-state index < -0.39 is 0 Å². The molecule has 0 aliphatic heterocycles. The second-order valence-electron chi connectivity index (χ2n) is 3.62. The smallest absolute Gasteiger partial charge is 0.0501 e. The van der Waals surface area contributed by atoms with E-state index in [2.05, 4.69) is 41.0 Å². The lowest BCUT2D eigenvalue weighted by Gasteiger charge is -2.14. The zero-order valence-corrected chi connectivity index (χ0v) is 9.71. The maximum absolute atomic E-state index is 4.12. The van der Waals surface area contributed by atoms with Gasteiger partial charge in [0.25, 0.3) is 0 Å². The van der Waals surface area contributed by atoms with Crippen LogP contribution in [0, 0.1) is 6.92 Å². The predicted molar refractivity (Wildman–Crippen MR) is 65.3 cm³/mol. The molecule has 0 spiro atoms. The van der Waals surface area contributed by atoms with Gasteiger partial charge < -0.3 is 5.32 Å². The molecule has 0 amide bonds. The van der Waals surface area contributed by atoms with Crippen LogP contribution in [0.1, 0.15) is 24.1 Å². The molecule has 0 saturated carbocycles. The van der Waals surface area contributed by atoms with Gasteiger partial charge in [0.2, 0.25) is 0 Å². The minimum atomic E-state index is 0.298. The van der Waals surface area contributed by atoms with Gasteiger partial charge in [-0.15, -0.1) is 11.3 Å². The fourth-order valence-electron chi connectivity index (χ4n) is 1.46.